The number of nitrogens with zero attached hydrogens (tertiary/aromatic N) is 2. The number of aryl methyl sites for hydroxylation is 2. The molecule has 2 aliphatic rings. The van der Waals surface area contributed by atoms with Crippen LogP contribution in [0.15, 0.2) is 41.5 Å². The van der Waals surface area contributed by atoms with Gasteiger partial charge in [0.2, 0.25) is 0 Å². The maximum atomic E-state index is 13.1. The zero-order valence-electron chi connectivity index (χ0n) is 19.3. The minimum Gasteiger partial charge on any atom is -0.385 e. The van der Waals surface area contributed by atoms with E-state index in [9.17, 15) is 4.79 Å². The normalized spacial score (nSPS) is 20.1. The topological polar surface area (TPSA) is 65.4 Å². The summed E-state index contributed by atoms with van der Waals surface area (Å²) in [5, 5.41) is 4.76. The second-order valence-corrected chi connectivity index (χ2v) is 10.4. The molecule has 176 valence electrons. The molecule has 33 heavy (non-hydrogen) atoms. The number of hydrogen-bond acceptors (Lipinski definition) is 6. The lowest BCUT2D eigenvalue weighted by atomic mass is 9.74. The minimum absolute atomic E-state index is 0.102. The maximum Gasteiger partial charge on any atom is 0.262 e. The Hall–Kier alpha value is -2.06. The van der Waals surface area contributed by atoms with Crippen LogP contribution in [0.4, 0.5) is 0 Å². The van der Waals surface area contributed by atoms with E-state index in [1.165, 1.54) is 16.0 Å². The van der Waals surface area contributed by atoms with E-state index in [1.54, 1.807) is 29.3 Å². The molecule has 6 nitrogen and oxygen atoms in total. The molecule has 0 bridgehead atoms. The monoisotopic (exact) mass is 467 g/mol. The molecule has 2 aromatic heterocycles. The molecule has 0 radical (unpaired) electrons. The Morgan fingerprint density at radius 2 is 2.09 bits per heavy atom. The van der Waals surface area contributed by atoms with Crippen molar-refractivity contribution >= 4 is 21.6 Å². The largest absolute Gasteiger partial charge is 0.385 e. The highest BCUT2D eigenvalue weighted by atomic mass is 32.1. The van der Waals surface area contributed by atoms with E-state index in [0.717, 1.165) is 68.5 Å². The fourth-order valence-electron chi connectivity index (χ4n) is 5.37. The summed E-state index contributed by atoms with van der Waals surface area (Å²) in [6.45, 7) is 3.91. The van der Waals surface area contributed by atoms with Gasteiger partial charge in [0.1, 0.15) is 4.83 Å². The Labute approximate surface area is 198 Å². The van der Waals surface area contributed by atoms with Crippen LogP contribution in [0.5, 0.6) is 0 Å². The number of ether oxygens (including phenoxy) is 2. The summed E-state index contributed by atoms with van der Waals surface area (Å²) in [4.78, 5) is 20.0. The summed E-state index contributed by atoms with van der Waals surface area (Å²) in [5.74, 6) is 0. The van der Waals surface area contributed by atoms with E-state index in [0.29, 0.717) is 19.2 Å². The van der Waals surface area contributed by atoms with Crippen LogP contribution in [0.25, 0.3) is 10.2 Å². The second kappa shape index (κ2) is 10.1. The van der Waals surface area contributed by atoms with E-state index < -0.39 is 0 Å². The van der Waals surface area contributed by atoms with Crippen LogP contribution in [0.1, 0.15) is 41.7 Å². The molecule has 1 unspecified atom stereocenters. The fraction of sp³-hybridized carbons (Fsp3) is 0.538. The number of aromatic nitrogens is 2. The zero-order chi connectivity index (χ0) is 22.7. The highest BCUT2D eigenvalue weighted by Crippen LogP contribution is 2.36. The number of benzene rings is 1. The van der Waals surface area contributed by atoms with Crippen LogP contribution in [-0.2, 0) is 34.3 Å². The molecule has 0 spiro atoms. The van der Waals surface area contributed by atoms with Crippen molar-refractivity contribution in [2.75, 3.05) is 33.5 Å². The van der Waals surface area contributed by atoms with Gasteiger partial charge in [-0.2, -0.15) is 0 Å². The maximum absolute atomic E-state index is 13.1. The number of thiophene rings is 1. The van der Waals surface area contributed by atoms with Gasteiger partial charge < -0.3 is 14.8 Å². The Morgan fingerprint density at radius 1 is 1.27 bits per heavy atom. The lowest BCUT2D eigenvalue weighted by Crippen LogP contribution is -2.47. The van der Waals surface area contributed by atoms with E-state index >= 15 is 0 Å². The van der Waals surface area contributed by atoms with Crippen LogP contribution in [0, 0.1) is 0 Å². The van der Waals surface area contributed by atoms with Gasteiger partial charge in [-0.1, -0.05) is 30.3 Å². The molecular formula is C26H33N3O3S. The molecule has 1 fully saturated rings. The summed E-state index contributed by atoms with van der Waals surface area (Å²) in [5.41, 5.74) is 2.88. The molecule has 3 heterocycles. The molecule has 0 amide bonds. The standard InChI is InChI=1S/C26H33N3O3S/c1-31-13-5-12-29-18-28-24-23(25(29)30)21-9-8-20(16-22(21)33-24)27-17-26(10-14-32-15-11-26)19-6-3-2-4-7-19/h2-4,6-7,18,20,27H,5,8-17H2,1H3. The van der Waals surface area contributed by atoms with Gasteiger partial charge in [-0.15, -0.1) is 11.3 Å². The molecule has 1 atom stereocenters. The van der Waals surface area contributed by atoms with Gasteiger partial charge >= 0.3 is 0 Å². The number of nitrogens with one attached hydrogen (secondary N) is 1. The number of hydrogen-bond donors (Lipinski definition) is 1. The second-order valence-electron chi connectivity index (χ2n) is 9.35. The highest BCUT2D eigenvalue weighted by Gasteiger charge is 2.35. The molecule has 1 saturated heterocycles. The molecule has 1 aromatic carbocycles. The fourth-order valence-corrected chi connectivity index (χ4v) is 6.63. The van der Waals surface area contributed by atoms with Crippen molar-refractivity contribution in [2.45, 2.75) is 56.5 Å². The lowest BCUT2D eigenvalue weighted by Gasteiger charge is -2.39. The number of fused-ring (bicyclic) bond motifs is 3. The third kappa shape index (κ3) is 4.64. The van der Waals surface area contributed by atoms with Crippen LogP contribution < -0.4 is 10.9 Å². The van der Waals surface area contributed by atoms with E-state index in [2.05, 4.69) is 40.6 Å². The summed E-state index contributed by atoms with van der Waals surface area (Å²) in [6.07, 6.45) is 7.59. The first-order valence-electron chi connectivity index (χ1n) is 12.1. The van der Waals surface area contributed by atoms with Crippen molar-refractivity contribution in [3.05, 3.63) is 63.0 Å². The smallest absolute Gasteiger partial charge is 0.262 e. The molecule has 1 aliphatic heterocycles. The minimum atomic E-state index is 0.102. The van der Waals surface area contributed by atoms with E-state index in [4.69, 9.17) is 9.47 Å². The molecule has 5 rings (SSSR count). The molecular weight excluding hydrogens is 434 g/mol. The van der Waals surface area contributed by atoms with Crippen molar-refractivity contribution in [2.24, 2.45) is 0 Å². The van der Waals surface area contributed by atoms with E-state index in [1.807, 2.05) is 0 Å². The Balaban J connectivity index is 1.32. The quantitative estimate of drug-likeness (QED) is 0.512. The van der Waals surface area contributed by atoms with Crippen molar-refractivity contribution in [1.29, 1.82) is 0 Å². The first kappa shape index (κ1) is 22.7. The SMILES string of the molecule is COCCCn1cnc2sc3c(c2c1=O)CCC(NCC1(c2ccccc2)CCOCC1)C3. The average Bonchev–Trinajstić information content (AvgIpc) is 3.24. The van der Waals surface area contributed by atoms with E-state index in [-0.39, 0.29) is 11.0 Å². The summed E-state index contributed by atoms with van der Waals surface area (Å²) < 4.78 is 12.6. The predicted octanol–water partition coefficient (Wildman–Crippen LogP) is 3.69. The Morgan fingerprint density at radius 3 is 2.88 bits per heavy atom. The summed E-state index contributed by atoms with van der Waals surface area (Å²) in [6, 6.07) is 11.3. The number of rotatable bonds is 8. The van der Waals surface area contributed by atoms with Gasteiger partial charge in [0.05, 0.1) is 11.7 Å². The Kier molecular flexibility index (Phi) is 6.92. The summed E-state index contributed by atoms with van der Waals surface area (Å²) >= 11 is 1.70. The van der Waals surface area contributed by atoms with Crippen LogP contribution >= 0.6 is 11.3 Å². The predicted molar refractivity (Wildman–Crippen MR) is 132 cm³/mol. The lowest BCUT2D eigenvalue weighted by molar-refractivity contribution is 0.0487. The number of methoxy groups -OCH3 is 1. The summed E-state index contributed by atoms with van der Waals surface area (Å²) in [7, 11) is 1.69. The third-order valence-corrected chi connectivity index (χ3v) is 8.51. The first-order valence-corrected chi connectivity index (χ1v) is 12.9. The van der Waals surface area contributed by atoms with Gasteiger partial charge in [0.15, 0.2) is 0 Å². The molecule has 3 aromatic rings. The van der Waals surface area contributed by atoms with Gasteiger partial charge in [-0.25, -0.2) is 4.98 Å². The zero-order valence-corrected chi connectivity index (χ0v) is 20.2. The van der Waals surface area contributed by atoms with Gasteiger partial charge in [-0.05, 0) is 49.7 Å². The molecule has 1 aliphatic carbocycles. The van der Waals surface area contributed by atoms with Crippen molar-refractivity contribution in [1.82, 2.24) is 14.9 Å². The van der Waals surface area contributed by atoms with Gasteiger partial charge in [-0.3, -0.25) is 9.36 Å². The third-order valence-electron chi connectivity index (χ3n) is 7.35. The Bertz CT molecular complexity index is 1130. The highest BCUT2D eigenvalue weighted by molar-refractivity contribution is 7.18. The molecule has 0 saturated carbocycles. The van der Waals surface area contributed by atoms with Crippen LogP contribution in [-0.4, -0.2) is 49.1 Å². The van der Waals surface area contributed by atoms with Gasteiger partial charge in [0, 0.05) is 56.4 Å². The molecule has 7 heteroatoms. The average molecular weight is 468 g/mol. The van der Waals surface area contributed by atoms with Crippen molar-refractivity contribution in [3.63, 3.8) is 0 Å². The van der Waals surface area contributed by atoms with Crippen molar-refractivity contribution in [3.8, 4) is 0 Å². The van der Waals surface area contributed by atoms with Crippen LogP contribution in [0.3, 0.4) is 0 Å². The van der Waals surface area contributed by atoms with Crippen LogP contribution in [0.2, 0.25) is 0 Å². The molecule has 1 N–H and O–H groups in total. The van der Waals surface area contributed by atoms with Gasteiger partial charge in [0.25, 0.3) is 5.56 Å². The van der Waals surface area contributed by atoms with Crippen molar-refractivity contribution < 1.29 is 9.47 Å². The first-order chi connectivity index (χ1) is 16.2.